The van der Waals surface area contributed by atoms with Crippen LogP contribution in [-0.2, 0) is 9.53 Å². The number of aryl methyl sites for hydroxylation is 1. The lowest BCUT2D eigenvalue weighted by Crippen LogP contribution is -2.15. The van der Waals surface area contributed by atoms with Crippen molar-refractivity contribution in [1.29, 1.82) is 0 Å². The molecule has 0 bridgehead atoms. The summed E-state index contributed by atoms with van der Waals surface area (Å²) in [6.07, 6.45) is 0. The van der Waals surface area contributed by atoms with Crippen LogP contribution < -0.4 is 5.32 Å². The molecule has 0 spiro atoms. The highest BCUT2D eigenvalue weighted by Gasteiger charge is 2.02. The summed E-state index contributed by atoms with van der Waals surface area (Å²) in [5.41, 5.74) is 2.03. The largest absolute Gasteiger partial charge is 0.468 e. The minimum absolute atomic E-state index is 0.193. The van der Waals surface area contributed by atoms with Gasteiger partial charge in [0.2, 0.25) is 0 Å². The van der Waals surface area contributed by atoms with Crippen LogP contribution in [0.5, 0.6) is 0 Å². The molecule has 1 aromatic carbocycles. The van der Waals surface area contributed by atoms with Crippen molar-refractivity contribution in [2.45, 2.75) is 6.92 Å². The van der Waals surface area contributed by atoms with Crippen LogP contribution in [0, 0.1) is 6.92 Å². The molecule has 0 aliphatic heterocycles. The Morgan fingerprint density at radius 2 is 2.29 bits per heavy atom. The Bertz CT molecular complexity index is 339. The Morgan fingerprint density at radius 1 is 1.57 bits per heavy atom. The fraction of sp³-hybridized carbons (Fsp3) is 0.300. The zero-order valence-electron chi connectivity index (χ0n) is 8.13. The Balaban J connectivity index is 2.63. The van der Waals surface area contributed by atoms with Crippen molar-refractivity contribution in [3.63, 3.8) is 0 Å². The highest BCUT2D eigenvalue weighted by Crippen LogP contribution is 2.19. The average molecular weight is 258 g/mol. The summed E-state index contributed by atoms with van der Waals surface area (Å²) in [5.74, 6) is -0.271. The Labute approximate surface area is 91.6 Å². The molecule has 0 fully saturated rings. The van der Waals surface area contributed by atoms with Gasteiger partial charge in [-0.05, 0) is 30.7 Å². The number of esters is 1. The maximum atomic E-state index is 10.9. The quantitative estimate of drug-likeness (QED) is 0.845. The van der Waals surface area contributed by atoms with Crippen LogP contribution in [0.3, 0.4) is 0 Å². The zero-order chi connectivity index (χ0) is 10.6. The van der Waals surface area contributed by atoms with Gasteiger partial charge in [-0.3, -0.25) is 4.79 Å². The van der Waals surface area contributed by atoms with Crippen molar-refractivity contribution in [3.05, 3.63) is 28.2 Å². The van der Waals surface area contributed by atoms with Gasteiger partial charge in [-0.25, -0.2) is 0 Å². The molecule has 14 heavy (non-hydrogen) atoms. The van der Waals surface area contributed by atoms with E-state index in [0.717, 1.165) is 15.7 Å². The third-order valence-electron chi connectivity index (χ3n) is 1.84. The molecule has 0 amide bonds. The first-order valence-corrected chi connectivity index (χ1v) is 4.99. The minimum Gasteiger partial charge on any atom is -0.468 e. The van der Waals surface area contributed by atoms with E-state index in [0.29, 0.717) is 0 Å². The highest BCUT2D eigenvalue weighted by atomic mass is 79.9. The third kappa shape index (κ3) is 3.03. The highest BCUT2D eigenvalue weighted by molar-refractivity contribution is 9.10. The van der Waals surface area contributed by atoms with E-state index < -0.39 is 0 Å². The number of carbonyl (C=O) groups excluding carboxylic acids is 1. The maximum absolute atomic E-state index is 10.9. The van der Waals surface area contributed by atoms with Crippen molar-refractivity contribution >= 4 is 27.6 Å². The molecular formula is C10H12BrNO2. The molecular weight excluding hydrogens is 246 g/mol. The van der Waals surface area contributed by atoms with E-state index in [2.05, 4.69) is 26.0 Å². The summed E-state index contributed by atoms with van der Waals surface area (Å²) in [6, 6.07) is 5.83. The standard InChI is InChI=1S/C10H12BrNO2/c1-7-5-8(11)3-4-9(7)12-6-10(13)14-2/h3-5,12H,6H2,1-2H3. The molecule has 0 radical (unpaired) electrons. The van der Waals surface area contributed by atoms with Gasteiger partial charge in [0.25, 0.3) is 0 Å². The van der Waals surface area contributed by atoms with Crippen molar-refractivity contribution in [2.75, 3.05) is 19.0 Å². The predicted octanol–water partition coefficient (Wildman–Crippen LogP) is 2.34. The number of anilines is 1. The summed E-state index contributed by atoms with van der Waals surface area (Å²) in [7, 11) is 1.37. The van der Waals surface area contributed by atoms with Crippen LogP contribution >= 0.6 is 15.9 Å². The lowest BCUT2D eigenvalue weighted by atomic mass is 10.2. The molecule has 0 aliphatic carbocycles. The minimum atomic E-state index is -0.271. The number of ether oxygens (including phenoxy) is 1. The van der Waals surface area contributed by atoms with Crippen LogP contribution in [0.1, 0.15) is 5.56 Å². The molecule has 1 rings (SSSR count). The van der Waals surface area contributed by atoms with Crippen molar-refractivity contribution in [3.8, 4) is 0 Å². The Kier molecular flexibility index (Phi) is 3.95. The second-order valence-corrected chi connectivity index (χ2v) is 3.80. The third-order valence-corrected chi connectivity index (χ3v) is 2.33. The van der Waals surface area contributed by atoms with E-state index in [4.69, 9.17) is 0 Å². The van der Waals surface area contributed by atoms with Gasteiger partial charge < -0.3 is 10.1 Å². The molecule has 76 valence electrons. The zero-order valence-corrected chi connectivity index (χ0v) is 9.72. The number of halogens is 1. The van der Waals surface area contributed by atoms with E-state index in [1.807, 2.05) is 25.1 Å². The van der Waals surface area contributed by atoms with Crippen LogP contribution in [0.15, 0.2) is 22.7 Å². The van der Waals surface area contributed by atoms with Crippen LogP contribution in [0.25, 0.3) is 0 Å². The molecule has 0 aliphatic rings. The number of nitrogens with one attached hydrogen (secondary N) is 1. The van der Waals surface area contributed by atoms with Gasteiger partial charge in [0, 0.05) is 10.2 Å². The smallest absolute Gasteiger partial charge is 0.325 e. The first-order valence-electron chi connectivity index (χ1n) is 4.20. The fourth-order valence-electron chi connectivity index (χ4n) is 1.06. The Morgan fingerprint density at radius 3 is 2.86 bits per heavy atom. The second kappa shape index (κ2) is 5.00. The van der Waals surface area contributed by atoms with Crippen LogP contribution in [0.4, 0.5) is 5.69 Å². The van der Waals surface area contributed by atoms with Crippen molar-refractivity contribution in [2.24, 2.45) is 0 Å². The fourth-order valence-corrected chi connectivity index (χ4v) is 1.54. The Hall–Kier alpha value is -1.03. The summed E-state index contributed by atoms with van der Waals surface area (Å²) in [5, 5.41) is 3.00. The van der Waals surface area contributed by atoms with E-state index in [1.165, 1.54) is 7.11 Å². The van der Waals surface area contributed by atoms with E-state index in [1.54, 1.807) is 0 Å². The molecule has 0 atom stereocenters. The van der Waals surface area contributed by atoms with Crippen LogP contribution in [-0.4, -0.2) is 19.6 Å². The molecule has 1 aromatic rings. The predicted molar refractivity (Wildman–Crippen MR) is 59.4 cm³/mol. The topological polar surface area (TPSA) is 38.3 Å². The number of hydrogen-bond donors (Lipinski definition) is 1. The summed E-state index contributed by atoms with van der Waals surface area (Å²) in [4.78, 5) is 10.9. The van der Waals surface area contributed by atoms with Gasteiger partial charge in [0.1, 0.15) is 6.54 Å². The molecule has 1 N–H and O–H groups in total. The molecule has 0 aromatic heterocycles. The molecule has 0 heterocycles. The molecule has 0 unspecified atom stereocenters. The van der Waals surface area contributed by atoms with Crippen molar-refractivity contribution in [1.82, 2.24) is 0 Å². The van der Waals surface area contributed by atoms with E-state index in [9.17, 15) is 4.79 Å². The second-order valence-electron chi connectivity index (χ2n) is 2.89. The number of methoxy groups -OCH3 is 1. The van der Waals surface area contributed by atoms with E-state index in [-0.39, 0.29) is 12.5 Å². The SMILES string of the molecule is COC(=O)CNc1ccc(Br)cc1C. The number of rotatable bonds is 3. The van der Waals surface area contributed by atoms with Gasteiger partial charge in [0.15, 0.2) is 0 Å². The van der Waals surface area contributed by atoms with Gasteiger partial charge >= 0.3 is 5.97 Å². The van der Waals surface area contributed by atoms with Gasteiger partial charge in [-0.1, -0.05) is 15.9 Å². The summed E-state index contributed by atoms with van der Waals surface area (Å²) in [6.45, 7) is 2.17. The average Bonchev–Trinajstić information content (AvgIpc) is 2.16. The first kappa shape index (κ1) is 11.0. The number of hydrogen-bond acceptors (Lipinski definition) is 3. The first-order chi connectivity index (χ1) is 6.63. The molecule has 0 saturated carbocycles. The van der Waals surface area contributed by atoms with Gasteiger partial charge in [0.05, 0.1) is 7.11 Å². The maximum Gasteiger partial charge on any atom is 0.325 e. The number of carbonyl (C=O) groups is 1. The normalized spacial score (nSPS) is 9.64. The summed E-state index contributed by atoms with van der Waals surface area (Å²) < 4.78 is 5.55. The van der Waals surface area contributed by atoms with Crippen LogP contribution in [0.2, 0.25) is 0 Å². The van der Waals surface area contributed by atoms with Gasteiger partial charge in [-0.2, -0.15) is 0 Å². The monoisotopic (exact) mass is 257 g/mol. The summed E-state index contributed by atoms with van der Waals surface area (Å²) >= 11 is 3.37. The lowest BCUT2D eigenvalue weighted by molar-refractivity contribution is -0.138. The number of benzene rings is 1. The molecule has 3 nitrogen and oxygen atoms in total. The molecule has 4 heteroatoms. The van der Waals surface area contributed by atoms with E-state index >= 15 is 0 Å². The van der Waals surface area contributed by atoms with Crippen molar-refractivity contribution < 1.29 is 9.53 Å². The molecule has 0 saturated heterocycles. The van der Waals surface area contributed by atoms with Gasteiger partial charge in [-0.15, -0.1) is 0 Å². The lowest BCUT2D eigenvalue weighted by Gasteiger charge is -2.08.